The Morgan fingerprint density at radius 3 is 2.39 bits per heavy atom. The second-order valence-corrected chi connectivity index (χ2v) is 6.37. The van der Waals surface area contributed by atoms with Crippen LogP contribution in [-0.2, 0) is 0 Å². The molecule has 0 radical (unpaired) electrons. The van der Waals surface area contributed by atoms with Crippen molar-refractivity contribution in [3.05, 3.63) is 45.7 Å². The lowest BCUT2D eigenvalue weighted by atomic mass is 10.3. The fraction of sp³-hybridized carbons (Fsp3) is 0.312. The Morgan fingerprint density at radius 1 is 1.09 bits per heavy atom. The molecule has 1 N–H and O–H groups in total. The van der Waals surface area contributed by atoms with E-state index in [1.54, 1.807) is 24.3 Å². The molecule has 1 aliphatic rings. The fourth-order valence-electron chi connectivity index (χ4n) is 2.57. The lowest BCUT2D eigenvalue weighted by Gasteiger charge is -2.15. The molecule has 0 spiro atoms. The molecular weight excluding hydrogens is 335 g/mol. The molecule has 0 saturated carbocycles. The molecule has 1 amide bonds. The number of halogens is 2. The highest BCUT2D eigenvalue weighted by atomic mass is 35.5. The topological polar surface area (TPSA) is 58.1 Å². The molecule has 0 aliphatic carbocycles. The smallest absolute Gasteiger partial charge is 0.272 e. The van der Waals surface area contributed by atoms with Gasteiger partial charge in [0.05, 0.1) is 0 Å². The van der Waals surface area contributed by atoms with Crippen LogP contribution < -0.4 is 5.32 Å². The van der Waals surface area contributed by atoms with E-state index in [1.807, 2.05) is 11.8 Å². The molecular formula is C16H16Cl2N4O. The van der Waals surface area contributed by atoms with Gasteiger partial charge in [-0.15, -0.1) is 0 Å². The Balaban J connectivity index is 1.86. The van der Waals surface area contributed by atoms with Gasteiger partial charge in [0.2, 0.25) is 5.95 Å². The van der Waals surface area contributed by atoms with Crippen LogP contribution >= 0.6 is 23.2 Å². The third kappa shape index (κ3) is 3.92. The summed E-state index contributed by atoms with van der Waals surface area (Å²) in [6.45, 7) is 3.40. The third-order valence-electron chi connectivity index (χ3n) is 3.59. The lowest BCUT2D eigenvalue weighted by molar-refractivity contribution is 0.0787. The van der Waals surface area contributed by atoms with Gasteiger partial charge in [-0.1, -0.05) is 23.2 Å². The van der Waals surface area contributed by atoms with Gasteiger partial charge in [-0.05, 0) is 44.0 Å². The van der Waals surface area contributed by atoms with E-state index in [4.69, 9.17) is 23.2 Å². The summed E-state index contributed by atoms with van der Waals surface area (Å²) in [5.41, 5.74) is 1.79. The van der Waals surface area contributed by atoms with E-state index in [0.29, 0.717) is 27.4 Å². The molecule has 0 unspecified atom stereocenters. The second-order valence-electron chi connectivity index (χ2n) is 5.50. The van der Waals surface area contributed by atoms with Crippen LogP contribution in [0.15, 0.2) is 24.3 Å². The maximum atomic E-state index is 12.5. The molecule has 1 aromatic carbocycles. The molecule has 5 nitrogen and oxygen atoms in total. The first-order valence-corrected chi connectivity index (χ1v) is 8.15. The maximum absolute atomic E-state index is 12.5. The van der Waals surface area contributed by atoms with Crippen LogP contribution in [0.4, 0.5) is 11.6 Å². The van der Waals surface area contributed by atoms with Crippen molar-refractivity contribution in [2.24, 2.45) is 0 Å². The van der Waals surface area contributed by atoms with Crippen molar-refractivity contribution in [3.8, 4) is 0 Å². The van der Waals surface area contributed by atoms with Gasteiger partial charge in [-0.2, -0.15) is 0 Å². The number of hydrogen-bond acceptors (Lipinski definition) is 4. The van der Waals surface area contributed by atoms with E-state index in [1.165, 1.54) is 0 Å². The molecule has 2 aromatic rings. The van der Waals surface area contributed by atoms with Crippen molar-refractivity contribution < 1.29 is 4.79 Å². The molecule has 1 saturated heterocycles. The maximum Gasteiger partial charge on any atom is 0.272 e. The highest BCUT2D eigenvalue weighted by Gasteiger charge is 2.21. The minimum atomic E-state index is -0.0554. The predicted octanol–water partition coefficient (Wildman–Crippen LogP) is 4.07. The quantitative estimate of drug-likeness (QED) is 0.906. The summed E-state index contributed by atoms with van der Waals surface area (Å²) >= 11 is 12.0. The Labute approximate surface area is 144 Å². The van der Waals surface area contributed by atoms with E-state index in [2.05, 4.69) is 15.3 Å². The fourth-order valence-corrected chi connectivity index (χ4v) is 3.10. The Hall–Kier alpha value is -1.85. The van der Waals surface area contributed by atoms with Gasteiger partial charge in [-0.3, -0.25) is 4.79 Å². The number of amides is 1. The van der Waals surface area contributed by atoms with Crippen molar-refractivity contribution in [2.75, 3.05) is 18.4 Å². The van der Waals surface area contributed by atoms with Crippen molar-refractivity contribution >= 4 is 40.7 Å². The zero-order valence-corrected chi connectivity index (χ0v) is 14.2. The number of carbonyl (C=O) groups excluding carboxylic acids is 1. The van der Waals surface area contributed by atoms with Crippen molar-refractivity contribution in [2.45, 2.75) is 19.8 Å². The molecule has 7 heteroatoms. The van der Waals surface area contributed by atoms with Gasteiger partial charge in [0.25, 0.3) is 5.91 Å². The zero-order valence-electron chi connectivity index (χ0n) is 12.6. The van der Waals surface area contributed by atoms with Crippen LogP contribution in [0.1, 0.15) is 29.0 Å². The van der Waals surface area contributed by atoms with Gasteiger partial charge >= 0.3 is 0 Å². The summed E-state index contributed by atoms with van der Waals surface area (Å²) in [6.07, 6.45) is 2.09. The normalized spacial score (nSPS) is 14.1. The summed E-state index contributed by atoms with van der Waals surface area (Å²) < 4.78 is 0. The van der Waals surface area contributed by atoms with E-state index in [-0.39, 0.29) is 5.91 Å². The predicted molar refractivity (Wildman–Crippen MR) is 91.7 cm³/mol. The number of aromatic nitrogens is 2. The number of anilines is 2. The number of likely N-dealkylation sites (tertiary alicyclic amines) is 1. The van der Waals surface area contributed by atoms with Crippen LogP contribution in [0.25, 0.3) is 0 Å². The molecule has 1 fully saturated rings. The Morgan fingerprint density at radius 2 is 1.74 bits per heavy atom. The average molecular weight is 351 g/mol. The second kappa shape index (κ2) is 6.72. The van der Waals surface area contributed by atoms with Crippen LogP contribution in [0.5, 0.6) is 0 Å². The largest absolute Gasteiger partial charge is 0.337 e. The first kappa shape index (κ1) is 16.0. The molecule has 2 heterocycles. The standard InChI is InChI=1S/C16H16Cl2N4O/c1-10-6-14(15(23)22-4-2-3-5-22)21-16(19-10)20-13-8-11(17)7-12(18)9-13/h6-9H,2-5H2,1H3,(H,19,20,21). The van der Waals surface area contributed by atoms with Gasteiger partial charge in [0, 0.05) is 34.5 Å². The van der Waals surface area contributed by atoms with Gasteiger partial charge in [-0.25, -0.2) is 9.97 Å². The molecule has 3 rings (SSSR count). The molecule has 0 bridgehead atoms. The number of hydrogen-bond donors (Lipinski definition) is 1. The molecule has 0 atom stereocenters. The highest BCUT2D eigenvalue weighted by molar-refractivity contribution is 6.35. The summed E-state index contributed by atoms with van der Waals surface area (Å²) in [4.78, 5) is 23.0. The first-order chi connectivity index (χ1) is 11.0. The summed E-state index contributed by atoms with van der Waals surface area (Å²) in [6, 6.07) is 6.80. The van der Waals surface area contributed by atoms with Gasteiger partial charge in [0.15, 0.2) is 0 Å². The molecule has 120 valence electrons. The third-order valence-corrected chi connectivity index (χ3v) is 4.02. The zero-order chi connectivity index (χ0) is 16.4. The number of benzene rings is 1. The van der Waals surface area contributed by atoms with Crippen LogP contribution in [-0.4, -0.2) is 33.9 Å². The van der Waals surface area contributed by atoms with Crippen molar-refractivity contribution in [1.29, 1.82) is 0 Å². The summed E-state index contributed by atoms with van der Waals surface area (Å²) in [5, 5.41) is 4.08. The minimum absolute atomic E-state index is 0.0554. The van der Waals surface area contributed by atoms with Gasteiger partial charge in [0.1, 0.15) is 5.69 Å². The number of rotatable bonds is 3. The van der Waals surface area contributed by atoms with Crippen LogP contribution in [0, 0.1) is 6.92 Å². The SMILES string of the molecule is Cc1cc(C(=O)N2CCCC2)nc(Nc2cc(Cl)cc(Cl)c2)n1. The van der Waals surface area contributed by atoms with Gasteiger partial charge < -0.3 is 10.2 Å². The van der Waals surface area contributed by atoms with Crippen molar-refractivity contribution in [1.82, 2.24) is 14.9 Å². The Bertz CT molecular complexity index is 725. The molecule has 1 aliphatic heterocycles. The van der Waals surface area contributed by atoms with E-state index in [9.17, 15) is 4.79 Å². The van der Waals surface area contributed by atoms with Crippen molar-refractivity contribution in [3.63, 3.8) is 0 Å². The average Bonchev–Trinajstić information content (AvgIpc) is 2.98. The summed E-state index contributed by atoms with van der Waals surface area (Å²) in [7, 11) is 0. The number of carbonyl (C=O) groups is 1. The lowest BCUT2D eigenvalue weighted by Crippen LogP contribution is -2.28. The number of nitrogens with zero attached hydrogens (tertiary/aromatic N) is 3. The van der Waals surface area contributed by atoms with E-state index in [0.717, 1.165) is 31.6 Å². The van der Waals surface area contributed by atoms with E-state index < -0.39 is 0 Å². The monoisotopic (exact) mass is 350 g/mol. The highest BCUT2D eigenvalue weighted by Crippen LogP contribution is 2.24. The van der Waals surface area contributed by atoms with Crippen LogP contribution in [0.3, 0.4) is 0 Å². The molecule has 1 aromatic heterocycles. The molecule has 23 heavy (non-hydrogen) atoms. The number of aryl methyl sites for hydroxylation is 1. The summed E-state index contributed by atoms with van der Waals surface area (Å²) in [5.74, 6) is 0.297. The van der Waals surface area contributed by atoms with E-state index >= 15 is 0 Å². The number of nitrogens with one attached hydrogen (secondary N) is 1. The Kier molecular flexibility index (Phi) is 4.68. The first-order valence-electron chi connectivity index (χ1n) is 7.39. The minimum Gasteiger partial charge on any atom is -0.337 e. The van der Waals surface area contributed by atoms with Crippen LogP contribution in [0.2, 0.25) is 10.0 Å².